The number of aromatic nitrogens is 4. The van der Waals surface area contributed by atoms with Crippen LogP contribution in [0.1, 0.15) is 0 Å². The maximum atomic E-state index is 5.10. The van der Waals surface area contributed by atoms with Crippen molar-refractivity contribution in [2.75, 3.05) is 0 Å². The van der Waals surface area contributed by atoms with E-state index in [0.717, 1.165) is 50.1 Å². The maximum Gasteiger partial charge on any atom is 0.164 e. The SMILES string of the molecule is c1ccc(-c2ccc(-c3nc(-c4ccccc4)nc(-c4cccc(-c5cccc(-n6c7ccccc7c7c(-c8ccccc8)cc(-c8ccccc8)cc76)c5)c4)n3)cc2)cc1. The van der Waals surface area contributed by atoms with Crippen LogP contribution in [0.3, 0.4) is 0 Å². The van der Waals surface area contributed by atoms with Crippen molar-refractivity contribution in [2.24, 2.45) is 0 Å². The minimum atomic E-state index is 0.623. The fraction of sp³-hybridized carbons (Fsp3) is 0. The van der Waals surface area contributed by atoms with E-state index in [2.05, 4.69) is 199 Å². The third kappa shape index (κ3) is 6.86. The summed E-state index contributed by atoms with van der Waals surface area (Å²) in [4.78, 5) is 15.2. The van der Waals surface area contributed by atoms with Crippen molar-refractivity contribution in [3.8, 4) is 84.4 Å². The Hall–Kier alpha value is -8.21. The monoisotopic (exact) mass is 778 g/mol. The number of hydrogen-bond acceptors (Lipinski definition) is 3. The zero-order valence-electron chi connectivity index (χ0n) is 33.2. The van der Waals surface area contributed by atoms with Crippen LogP contribution in [0, 0.1) is 0 Å². The van der Waals surface area contributed by atoms with Crippen LogP contribution < -0.4 is 0 Å². The summed E-state index contributed by atoms with van der Waals surface area (Å²) in [5, 5.41) is 2.46. The number of hydrogen-bond donors (Lipinski definition) is 0. The van der Waals surface area contributed by atoms with E-state index in [1.54, 1.807) is 0 Å². The lowest BCUT2D eigenvalue weighted by Crippen LogP contribution is -2.00. The molecule has 0 aliphatic rings. The molecule has 0 unspecified atom stereocenters. The number of fused-ring (bicyclic) bond motifs is 3. The minimum absolute atomic E-state index is 0.623. The Morgan fingerprint density at radius 2 is 0.705 bits per heavy atom. The van der Waals surface area contributed by atoms with Gasteiger partial charge in [-0.3, -0.25) is 0 Å². The van der Waals surface area contributed by atoms with E-state index in [9.17, 15) is 0 Å². The van der Waals surface area contributed by atoms with Gasteiger partial charge in [0.05, 0.1) is 11.0 Å². The topological polar surface area (TPSA) is 43.6 Å². The molecule has 286 valence electrons. The summed E-state index contributed by atoms with van der Waals surface area (Å²) in [6.07, 6.45) is 0. The molecule has 11 rings (SSSR count). The largest absolute Gasteiger partial charge is 0.309 e. The third-order valence-electron chi connectivity index (χ3n) is 11.4. The molecule has 0 spiro atoms. The summed E-state index contributed by atoms with van der Waals surface area (Å²) in [6, 6.07) is 81.3. The molecular weight excluding hydrogens is 741 g/mol. The highest BCUT2D eigenvalue weighted by molar-refractivity contribution is 6.17. The van der Waals surface area contributed by atoms with Crippen molar-refractivity contribution in [1.29, 1.82) is 0 Å². The summed E-state index contributed by atoms with van der Waals surface area (Å²) in [7, 11) is 0. The van der Waals surface area contributed by atoms with E-state index < -0.39 is 0 Å². The first-order valence-corrected chi connectivity index (χ1v) is 20.6. The van der Waals surface area contributed by atoms with Crippen molar-refractivity contribution in [2.45, 2.75) is 0 Å². The predicted octanol–water partition coefficient (Wildman–Crippen LogP) is 14.6. The first-order valence-electron chi connectivity index (χ1n) is 20.6. The van der Waals surface area contributed by atoms with Crippen LogP contribution in [-0.2, 0) is 0 Å². The van der Waals surface area contributed by atoms with Crippen molar-refractivity contribution in [3.05, 3.63) is 231 Å². The third-order valence-corrected chi connectivity index (χ3v) is 11.4. The number of nitrogens with zero attached hydrogens (tertiary/aromatic N) is 4. The Bertz CT molecular complexity index is 3320. The molecule has 2 aromatic heterocycles. The van der Waals surface area contributed by atoms with Gasteiger partial charge in [0.25, 0.3) is 0 Å². The molecule has 9 aromatic carbocycles. The predicted molar refractivity (Wildman–Crippen MR) is 252 cm³/mol. The first kappa shape index (κ1) is 35.9. The fourth-order valence-electron chi connectivity index (χ4n) is 8.47. The highest BCUT2D eigenvalue weighted by atomic mass is 15.0. The van der Waals surface area contributed by atoms with Gasteiger partial charge in [-0.2, -0.15) is 0 Å². The van der Waals surface area contributed by atoms with E-state index in [0.29, 0.717) is 17.5 Å². The molecular formula is C57H38N4. The first-order chi connectivity index (χ1) is 30.2. The van der Waals surface area contributed by atoms with Crippen LogP contribution in [-0.4, -0.2) is 19.5 Å². The smallest absolute Gasteiger partial charge is 0.164 e. The zero-order chi connectivity index (χ0) is 40.5. The van der Waals surface area contributed by atoms with Gasteiger partial charge in [-0.1, -0.05) is 194 Å². The summed E-state index contributed by atoms with van der Waals surface area (Å²) < 4.78 is 2.42. The van der Waals surface area contributed by atoms with Gasteiger partial charge < -0.3 is 4.57 Å². The van der Waals surface area contributed by atoms with E-state index in [-0.39, 0.29) is 0 Å². The molecule has 0 fully saturated rings. The van der Waals surface area contributed by atoms with Crippen LogP contribution >= 0.6 is 0 Å². The van der Waals surface area contributed by atoms with E-state index >= 15 is 0 Å². The maximum absolute atomic E-state index is 5.10. The Labute approximate surface area is 354 Å². The molecule has 0 radical (unpaired) electrons. The van der Waals surface area contributed by atoms with Crippen molar-refractivity contribution >= 4 is 21.8 Å². The summed E-state index contributed by atoms with van der Waals surface area (Å²) in [6.45, 7) is 0. The second kappa shape index (κ2) is 15.5. The summed E-state index contributed by atoms with van der Waals surface area (Å²) in [5.41, 5.74) is 15.5. The van der Waals surface area contributed by atoms with Gasteiger partial charge >= 0.3 is 0 Å². The van der Waals surface area contributed by atoms with Crippen LogP contribution in [0.5, 0.6) is 0 Å². The molecule has 0 amide bonds. The van der Waals surface area contributed by atoms with Crippen LogP contribution in [0.15, 0.2) is 231 Å². The fourth-order valence-corrected chi connectivity index (χ4v) is 8.47. The molecule has 0 N–H and O–H groups in total. The molecule has 4 heteroatoms. The van der Waals surface area contributed by atoms with Gasteiger partial charge in [0, 0.05) is 33.2 Å². The van der Waals surface area contributed by atoms with Crippen molar-refractivity contribution in [1.82, 2.24) is 19.5 Å². The number of para-hydroxylation sites is 1. The zero-order valence-corrected chi connectivity index (χ0v) is 33.2. The van der Waals surface area contributed by atoms with Crippen molar-refractivity contribution < 1.29 is 0 Å². The van der Waals surface area contributed by atoms with Crippen molar-refractivity contribution in [3.63, 3.8) is 0 Å². The molecule has 2 heterocycles. The summed E-state index contributed by atoms with van der Waals surface area (Å²) >= 11 is 0. The average molecular weight is 779 g/mol. The number of rotatable bonds is 8. The van der Waals surface area contributed by atoms with Gasteiger partial charge in [-0.15, -0.1) is 0 Å². The second-order valence-electron chi connectivity index (χ2n) is 15.2. The van der Waals surface area contributed by atoms with Gasteiger partial charge in [0.2, 0.25) is 0 Å². The quantitative estimate of drug-likeness (QED) is 0.154. The Balaban J connectivity index is 1.04. The lowest BCUT2D eigenvalue weighted by molar-refractivity contribution is 1.07. The average Bonchev–Trinajstić information content (AvgIpc) is 3.69. The Morgan fingerprint density at radius 1 is 0.262 bits per heavy atom. The molecule has 0 bridgehead atoms. The van der Waals surface area contributed by atoms with E-state index in [1.165, 1.54) is 38.6 Å². The van der Waals surface area contributed by atoms with E-state index in [4.69, 9.17) is 15.0 Å². The second-order valence-corrected chi connectivity index (χ2v) is 15.2. The van der Waals surface area contributed by atoms with Gasteiger partial charge in [0.15, 0.2) is 17.5 Å². The molecule has 0 saturated carbocycles. The highest BCUT2D eigenvalue weighted by Crippen LogP contribution is 2.42. The molecule has 4 nitrogen and oxygen atoms in total. The van der Waals surface area contributed by atoms with E-state index in [1.807, 2.05) is 36.4 Å². The molecule has 11 aromatic rings. The normalized spacial score (nSPS) is 11.3. The van der Waals surface area contributed by atoms with Crippen LogP contribution in [0.2, 0.25) is 0 Å². The van der Waals surface area contributed by atoms with Crippen LogP contribution in [0.25, 0.3) is 106 Å². The molecule has 0 aliphatic heterocycles. The van der Waals surface area contributed by atoms with Gasteiger partial charge in [-0.25, -0.2) is 15.0 Å². The molecule has 0 saturated heterocycles. The molecule has 0 atom stereocenters. The Kier molecular flexibility index (Phi) is 9.14. The van der Waals surface area contributed by atoms with Gasteiger partial charge in [0.1, 0.15) is 0 Å². The molecule has 61 heavy (non-hydrogen) atoms. The summed E-state index contributed by atoms with van der Waals surface area (Å²) in [5.74, 6) is 1.89. The Morgan fingerprint density at radius 3 is 1.36 bits per heavy atom. The standard InChI is InChI=1S/C57H38N4/c1-5-17-39(18-6-1)41-31-33-44(34-32-41)56-58-55(43-23-11-4-12-24-43)59-57(60-56)47-27-15-25-45(35-47)46-26-16-28-49(36-46)61-52-30-14-13-29-50(52)54-51(42-21-9-3-10-22-42)37-48(38-53(54)61)40-19-7-2-8-20-40/h1-38H. The minimum Gasteiger partial charge on any atom is -0.309 e. The van der Waals surface area contributed by atoms with Crippen LogP contribution in [0.4, 0.5) is 0 Å². The van der Waals surface area contributed by atoms with Gasteiger partial charge in [-0.05, 0) is 80.9 Å². The lowest BCUT2D eigenvalue weighted by Gasteiger charge is -2.13. The highest BCUT2D eigenvalue weighted by Gasteiger charge is 2.19. The number of benzene rings is 9. The lowest BCUT2D eigenvalue weighted by atomic mass is 9.94. The molecule has 0 aliphatic carbocycles.